The molecular formula is C14H20N2O4S. The molecule has 3 atom stereocenters. The summed E-state index contributed by atoms with van der Waals surface area (Å²) in [5.41, 5.74) is 0. The minimum Gasteiger partial charge on any atom is -0.480 e. The molecule has 0 radical (unpaired) electrons. The molecule has 3 N–H and O–H groups in total. The highest BCUT2D eigenvalue weighted by Crippen LogP contribution is 2.10. The summed E-state index contributed by atoms with van der Waals surface area (Å²) in [4.78, 5) is 35.5. The van der Waals surface area contributed by atoms with Gasteiger partial charge in [0.1, 0.15) is 12.1 Å². The van der Waals surface area contributed by atoms with Gasteiger partial charge >= 0.3 is 5.97 Å². The standard InChI is InChI=1S/C14H20N2O4S/c1-4-8(2)11(14(19)20)16-12(17)9(3)15-13(18)10-6-5-7-21-10/h5-9,11H,4H2,1-3H3,(H,15,18)(H,16,17)(H,19,20)/t8?,9?,11-/m0/s1. The van der Waals surface area contributed by atoms with Crippen molar-refractivity contribution in [3.63, 3.8) is 0 Å². The average molecular weight is 312 g/mol. The number of hydrogen-bond acceptors (Lipinski definition) is 4. The third-order valence-electron chi connectivity index (χ3n) is 3.26. The van der Waals surface area contributed by atoms with Gasteiger partial charge in [0.15, 0.2) is 0 Å². The highest BCUT2D eigenvalue weighted by atomic mass is 32.1. The zero-order valence-electron chi connectivity index (χ0n) is 12.3. The summed E-state index contributed by atoms with van der Waals surface area (Å²) in [5, 5.41) is 15.9. The average Bonchev–Trinajstić information content (AvgIpc) is 2.97. The van der Waals surface area contributed by atoms with Gasteiger partial charge in [-0.2, -0.15) is 0 Å². The molecule has 0 fully saturated rings. The van der Waals surface area contributed by atoms with Gasteiger partial charge in [-0.05, 0) is 24.3 Å². The highest BCUT2D eigenvalue weighted by molar-refractivity contribution is 7.12. The van der Waals surface area contributed by atoms with Crippen molar-refractivity contribution >= 4 is 29.1 Å². The first kappa shape index (κ1) is 17.2. The number of carboxylic acids is 1. The van der Waals surface area contributed by atoms with Crippen molar-refractivity contribution in [2.75, 3.05) is 0 Å². The lowest BCUT2D eigenvalue weighted by Gasteiger charge is -2.22. The van der Waals surface area contributed by atoms with Crippen LogP contribution in [0.5, 0.6) is 0 Å². The number of amides is 2. The van der Waals surface area contributed by atoms with Gasteiger partial charge in [-0.1, -0.05) is 26.3 Å². The SMILES string of the molecule is CCC(C)[C@H](NC(=O)C(C)NC(=O)c1cccs1)C(=O)O. The molecule has 0 bridgehead atoms. The predicted molar refractivity (Wildman–Crippen MR) is 80.3 cm³/mol. The summed E-state index contributed by atoms with van der Waals surface area (Å²) in [5.74, 6) is -2.11. The first-order chi connectivity index (χ1) is 9.86. The van der Waals surface area contributed by atoms with Crippen molar-refractivity contribution in [1.82, 2.24) is 10.6 Å². The van der Waals surface area contributed by atoms with Crippen LogP contribution in [0.4, 0.5) is 0 Å². The summed E-state index contributed by atoms with van der Waals surface area (Å²) >= 11 is 1.27. The Bertz CT molecular complexity index is 501. The molecule has 2 unspecified atom stereocenters. The molecule has 21 heavy (non-hydrogen) atoms. The van der Waals surface area contributed by atoms with Crippen LogP contribution >= 0.6 is 11.3 Å². The quantitative estimate of drug-likeness (QED) is 0.710. The van der Waals surface area contributed by atoms with Crippen molar-refractivity contribution in [3.05, 3.63) is 22.4 Å². The molecule has 0 aliphatic rings. The Balaban J connectivity index is 2.61. The van der Waals surface area contributed by atoms with E-state index >= 15 is 0 Å². The van der Waals surface area contributed by atoms with Gasteiger partial charge in [-0.25, -0.2) is 4.79 Å². The number of nitrogens with one attached hydrogen (secondary N) is 2. The summed E-state index contributed by atoms with van der Waals surface area (Å²) in [6.07, 6.45) is 0.632. The van der Waals surface area contributed by atoms with E-state index < -0.39 is 24.0 Å². The Morgan fingerprint density at radius 3 is 2.43 bits per heavy atom. The monoisotopic (exact) mass is 312 g/mol. The lowest BCUT2D eigenvalue weighted by Crippen LogP contribution is -2.52. The fourth-order valence-corrected chi connectivity index (χ4v) is 2.33. The smallest absolute Gasteiger partial charge is 0.326 e. The molecule has 2 amide bonds. The first-order valence-electron chi connectivity index (χ1n) is 6.74. The van der Waals surface area contributed by atoms with E-state index in [-0.39, 0.29) is 11.8 Å². The Kier molecular flexibility index (Phi) is 6.36. The summed E-state index contributed by atoms with van der Waals surface area (Å²) < 4.78 is 0. The van der Waals surface area contributed by atoms with Crippen molar-refractivity contribution in [1.29, 1.82) is 0 Å². The molecule has 0 saturated carbocycles. The third-order valence-corrected chi connectivity index (χ3v) is 4.13. The van der Waals surface area contributed by atoms with E-state index in [9.17, 15) is 14.4 Å². The van der Waals surface area contributed by atoms with E-state index in [2.05, 4.69) is 10.6 Å². The molecule has 0 aliphatic heterocycles. The second-order valence-electron chi connectivity index (χ2n) is 4.88. The van der Waals surface area contributed by atoms with E-state index in [0.29, 0.717) is 11.3 Å². The van der Waals surface area contributed by atoms with Gasteiger partial charge in [0.2, 0.25) is 5.91 Å². The lowest BCUT2D eigenvalue weighted by molar-refractivity contribution is -0.143. The van der Waals surface area contributed by atoms with Gasteiger partial charge in [0.25, 0.3) is 5.91 Å². The van der Waals surface area contributed by atoms with Crippen molar-refractivity contribution < 1.29 is 19.5 Å². The molecule has 1 aromatic rings. The molecule has 0 aromatic carbocycles. The van der Waals surface area contributed by atoms with E-state index in [1.54, 1.807) is 24.4 Å². The topological polar surface area (TPSA) is 95.5 Å². The number of thiophene rings is 1. The summed E-state index contributed by atoms with van der Waals surface area (Å²) in [7, 11) is 0. The van der Waals surface area contributed by atoms with Crippen LogP contribution in [0, 0.1) is 5.92 Å². The van der Waals surface area contributed by atoms with E-state index in [0.717, 1.165) is 0 Å². The predicted octanol–water partition coefficient (Wildman–Crippen LogP) is 1.48. The summed E-state index contributed by atoms with van der Waals surface area (Å²) in [6, 6.07) is 1.64. The molecule has 1 aromatic heterocycles. The zero-order chi connectivity index (χ0) is 16.0. The van der Waals surface area contributed by atoms with Gasteiger partial charge in [-0.3, -0.25) is 9.59 Å². The van der Waals surface area contributed by atoms with E-state index in [1.165, 1.54) is 18.3 Å². The number of carbonyl (C=O) groups is 3. The van der Waals surface area contributed by atoms with E-state index in [4.69, 9.17) is 5.11 Å². The number of carbonyl (C=O) groups excluding carboxylic acids is 2. The van der Waals surface area contributed by atoms with Gasteiger partial charge in [0, 0.05) is 0 Å². The highest BCUT2D eigenvalue weighted by Gasteiger charge is 2.27. The molecule has 0 aliphatic carbocycles. The molecule has 7 heteroatoms. The number of aliphatic carboxylic acids is 1. The maximum atomic E-state index is 12.0. The molecule has 6 nitrogen and oxygen atoms in total. The Morgan fingerprint density at radius 1 is 1.29 bits per heavy atom. The Morgan fingerprint density at radius 2 is 1.95 bits per heavy atom. The van der Waals surface area contributed by atoms with E-state index in [1.807, 2.05) is 6.92 Å². The van der Waals surface area contributed by atoms with Crippen LogP contribution in [-0.2, 0) is 9.59 Å². The van der Waals surface area contributed by atoms with Crippen molar-refractivity contribution in [2.45, 2.75) is 39.3 Å². The van der Waals surface area contributed by atoms with Crippen molar-refractivity contribution in [3.8, 4) is 0 Å². The number of hydrogen-bond donors (Lipinski definition) is 3. The fourth-order valence-electron chi connectivity index (χ4n) is 1.70. The minimum atomic E-state index is -1.07. The summed E-state index contributed by atoms with van der Waals surface area (Å²) in [6.45, 7) is 5.14. The Labute approximate surface area is 127 Å². The second-order valence-corrected chi connectivity index (χ2v) is 5.83. The molecular weight excluding hydrogens is 292 g/mol. The molecule has 0 spiro atoms. The minimum absolute atomic E-state index is 0.188. The molecule has 1 heterocycles. The fraction of sp³-hybridized carbons (Fsp3) is 0.500. The third kappa shape index (κ3) is 4.86. The van der Waals surface area contributed by atoms with Crippen LogP contribution in [0.3, 0.4) is 0 Å². The molecule has 116 valence electrons. The van der Waals surface area contributed by atoms with Crippen LogP contribution < -0.4 is 10.6 Å². The molecule has 0 saturated heterocycles. The maximum absolute atomic E-state index is 12.0. The second kappa shape index (κ2) is 7.78. The van der Waals surface area contributed by atoms with Crippen LogP contribution in [0.25, 0.3) is 0 Å². The first-order valence-corrected chi connectivity index (χ1v) is 7.62. The van der Waals surface area contributed by atoms with Crippen LogP contribution in [-0.4, -0.2) is 35.0 Å². The van der Waals surface area contributed by atoms with Crippen LogP contribution in [0.15, 0.2) is 17.5 Å². The van der Waals surface area contributed by atoms with Crippen LogP contribution in [0.2, 0.25) is 0 Å². The number of carboxylic acid groups (broad SMARTS) is 1. The maximum Gasteiger partial charge on any atom is 0.326 e. The normalized spacial score (nSPS) is 14.8. The lowest BCUT2D eigenvalue weighted by atomic mass is 9.99. The van der Waals surface area contributed by atoms with Crippen LogP contribution in [0.1, 0.15) is 36.9 Å². The number of rotatable bonds is 7. The Hall–Kier alpha value is -1.89. The zero-order valence-corrected chi connectivity index (χ0v) is 13.1. The van der Waals surface area contributed by atoms with Gasteiger partial charge in [-0.15, -0.1) is 11.3 Å². The van der Waals surface area contributed by atoms with Crippen molar-refractivity contribution in [2.24, 2.45) is 5.92 Å². The largest absolute Gasteiger partial charge is 0.480 e. The van der Waals surface area contributed by atoms with Gasteiger partial charge in [0.05, 0.1) is 4.88 Å². The van der Waals surface area contributed by atoms with Gasteiger partial charge < -0.3 is 15.7 Å². The molecule has 1 rings (SSSR count).